The number of nitrogens with one attached hydrogen (secondary N) is 1. The molecular formula is C17H17N3O3. The van der Waals surface area contributed by atoms with Crippen LogP contribution in [0.2, 0.25) is 0 Å². The number of anilines is 1. The molecule has 0 radical (unpaired) electrons. The van der Waals surface area contributed by atoms with Gasteiger partial charge in [0.05, 0.1) is 11.2 Å². The molecule has 0 aliphatic carbocycles. The van der Waals surface area contributed by atoms with Crippen LogP contribution >= 0.6 is 0 Å². The summed E-state index contributed by atoms with van der Waals surface area (Å²) in [5.41, 5.74) is 4.06. The summed E-state index contributed by atoms with van der Waals surface area (Å²) in [4.78, 5) is 16.2. The van der Waals surface area contributed by atoms with Crippen molar-refractivity contribution in [1.29, 1.82) is 0 Å². The van der Waals surface area contributed by atoms with E-state index in [4.69, 9.17) is 9.26 Å². The molecule has 6 heteroatoms. The zero-order chi connectivity index (χ0) is 16.4. The van der Waals surface area contributed by atoms with E-state index in [9.17, 15) is 4.79 Å². The first-order valence-corrected chi connectivity index (χ1v) is 7.20. The lowest BCUT2D eigenvalue weighted by Crippen LogP contribution is -2.17. The molecule has 1 N–H and O–H groups in total. The molecule has 0 atom stereocenters. The predicted molar refractivity (Wildman–Crippen MR) is 87.2 cm³/mol. The van der Waals surface area contributed by atoms with Gasteiger partial charge in [-0.2, -0.15) is 0 Å². The summed E-state index contributed by atoms with van der Waals surface area (Å²) in [6.45, 7) is 3.89. The van der Waals surface area contributed by atoms with E-state index in [1.807, 2.05) is 44.2 Å². The number of carbonyl (C=O) groups excluding carboxylic acids is 1. The lowest BCUT2D eigenvalue weighted by atomic mass is 10.1. The molecule has 2 heterocycles. The molecule has 0 aliphatic rings. The fourth-order valence-corrected chi connectivity index (χ4v) is 2.42. The van der Waals surface area contributed by atoms with Gasteiger partial charge in [-0.15, -0.1) is 0 Å². The maximum atomic E-state index is 11.6. The van der Waals surface area contributed by atoms with Crippen molar-refractivity contribution >= 4 is 22.5 Å². The summed E-state index contributed by atoms with van der Waals surface area (Å²) in [5.74, 6) is 0.423. The van der Waals surface area contributed by atoms with Gasteiger partial charge in [0.25, 0.3) is 0 Å². The second-order valence-electron chi connectivity index (χ2n) is 5.37. The number of hydrogen-bond donors (Lipinski definition) is 1. The quantitative estimate of drug-likeness (QED) is 0.801. The van der Waals surface area contributed by atoms with E-state index in [1.165, 1.54) is 7.11 Å². The van der Waals surface area contributed by atoms with E-state index in [0.29, 0.717) is 11.4 Å². The minimum absolute atomic E-state index is 0.0157. The molecule has 0 saturated heterocycles. The van der Waals surface area contributed by atoms with Crippen molar-refractivity contribution in [3.63, 3.8) is 0 Å². The molecule has 3 rings (SSSR count). The van der Waals surface area contributed by atoms with E-state index in [2.05, 4.69) is 15.5 Å². The molecule has 0 saturated carbocycles. The highest BCUT2D eigenvalue weighted by molar-refractivity contribution is 5.95. The van der Waals surface area contributed by atoms with E-state index >= 15 is 0 Å². The van der Waals surface area contributed by atoms with E-state index in [-0.39, 0.29) is 12.5 Å². The Morgan fingerprint density at radius 1 is 1.26 bits per heavy atom. The Morgan fingerprint density at radius 3 is 2.78 bits per heavy atom. The number of ether oxygens (including phenoxy) is 1. The molecule has 1 amide bonds. The highest BCUT2D eigenvalue weighted by Gasteiger charge is 2.10. The van der Waals surface area contributed by atoms with Crippen LogP contribution in [0.4, 0.5) is 5.69 Å². The summed E-state index contributed by atoms with van der Waals surface area (Å²) in [7, 11) is 1.48. The van der Waals surface area contributed by atoms with Gasteiger partial charge in [0.2, 0.25) is 5.91 Å². The number of pyridine rings is 1. The van der Waals surface area contributed by atoms with Crippen LogP contribution in [0.25, 0.3) is 22.4 Å². The first kappa shape index (κ1) is 15.2. The number of hydrogen-bond acceptors (Lipinski definition) is 5. The molecule has 0 fully saturated rings. The molecule has 2 aromatic heterocycles. The summed E-state index contributed by atoms with van der Waals surface area (Å²) < 4.78 is 10.1. The fraction of sp³-hybridized carbons (Fsp3) is 0.235. The molecule has 0 spiro atoms. The molecule has 118 valence electrons. The topological polar surface area (TPSA) is 77.2 Å². The molecule has 1 aromatic carbocycles. The number of rotatable bonds is 4. The maximum absolute atomic E-state index is 11.6. The highest BCUT2D eigenvalue weighted by Crippen LogP contribution is 2.26. The average Bonchev–Trinajstić information content (AvgIpc) is 2.93. The van der Waals surface area contributed by atoms with Gasteiger partial charge in [0.15, 0.2) is 5.76 Å². The predicted octanol–water partition coefficient (Wildman–Crippen LogP) is 3.09. The number of fused-ring (bicyclic) bond motifs is 1. The maximum Gasteiger partial charge on any atom is 0.250 e. The SMILES string of the molecule is COCC(=O)Nc1ccc2c(C)cc(-c3cc(C)no3)nc2c1. The fourth-order valence-electron chi connectivity index (χ4n) is 2.42. The normalized spacial score (nSPS) is 10.9. The third kappa shape index (κ3) is 3.22. The Kier molecular flexibility index (Phi) is 4.08. The minimum atomic E-state index is -0.203. The molecule has 23 heavy (non-hydrogen) atoms. The molecule has 6 nitrogen and oxygen atoms in total. The third-order valence-corrected chi connectivity index (χ3v) is 3.46. The number of nitrogens with zero attached hydrogens (tertiary/aromatic N) is 2. The second-order valence-corrected chi connectivity index (χ2v) is 5.37. The van der Waals surface area contributed by atoms with Crippen LogP contribution in [0.15, 0.2) is 34.9 Å². The van der Waals surface area contributed by atoms with E-state index < -0.39 is 0 Å². The Bertz CT molecular complexity index is 871. The van der Waals surface area contributed by atoms with Crippen molar-refractivity contribution in [2.75, 3.05) is 19.0 Å². The summed E-state index contributed by atoms with van der Waals surface area (Å²) >= 11 is 0. The molecular weight excluding hydrogens is 294 g/mol. The molecule has 0 bridgehead atoms. The van der Waals surface area contributed by atoms with Crippen LogP contribution in [-0.2, 0) is 9.53 Å². The lowest BCUT2D eigenvalue weighted by molar-refractivity contribution is -0.119. The number of benzene rings is 1. The van der Waals surface area contributed by atoms with Crippen molar-refractivity contribution in [3.05, 3.63) is 41.6 Å². The number of aryl methyl sites for hydroxylation is 2. The monoisotopic (exact) mass is 311 g/mol. The zero-order valence-electron chi connectivity index (χ0n) is 13.2. The van der Waals surface area contributed by atoms with Crippen LogP contribution in [0, 0.1) is 13.8 Å². The van der Waals surface area contributed by atoms with E-state index in [1.54, 1.807) is 0 Å². The highest BCUT2D eigenvalue weighted by atomic mass is 16.5. The Balaban J connectivity index is 2.01. The first-order valence-electron chi connectivity index (χ1n) is 7.20. The van der Waals surface area contributed by atoms with Crippen molar-refractivity contribution in [1.82, 2.24) is 10.1 Å². The Morgan fingerprint density at radius 2 is 2.09 bits per heavy atom. The van der Waals surface area contributed by atoms with Crippen LogP contribution in [0.3, 0.4) is 0 Å². The molecule has 3 aromatic rings. The Hall–Kier alpha value is -2.73. The van der Waals surface area contributed by atoms with Gasteiger partial charge in [-0.1, -0.05) is 11.2 Å². The first-order chi connectivity index (χ1) is 11.1. The smallest absolute Gasteiger partial charge is 0.250 e. The summed E-state index contributed by atoms with van der Waals surface area (Å²) in [6.07, 6.45) is 0. The second kappa shape index (κ2) is 6.18. The number of carbonyl (C=O) groups is 1. The molecule has 0 aliphatic heterocycles. The van der Waals surface area contributed by atoms with Crippen molar-refractivity contribution < 1.29 is 14.1 Å². The average molecular weight is 311 g/mol. The number of aromatic nitrogens is 2. The zero-order valence-corrected chi connectivity index (χ0v) is 13.2. The van der Waals surface area contributed by atoms with Gasteiger partial charge in [-0.25, -0.2) is 4.98 Å². The van der Waals surface area contributed by atoms with Gasteiger partial charge < -0.3 is 14.6 Å². The Labute approximate surface area is 133 Å². The van der Waals surface area contributed by atoms with Crippen molar-refractivity contribution in [3.8, 4) is 11.5 Å². The molecule has 0 unspecified atom stereocenters. The minimum Gasteiger partial charge on any atom is -0.375 e. The van der Waals surface area contributed by atoms with Crippen LogP contribution in [-0.4, -0.2) is 29.8 Å². The third-order valence-electron chi connectivity index (χ3n) is 3.46. The number of amides is 1. The van der Waals surface area contributed by atoms with Crippen molar-refractivity contribution in [2.24, 2.45) is 0 Å². The van der Waals surface area contributed by atoms with Gasteiger partial charge in [0, 0.05) is 24.2 Å². The van der Waals surface area contributed by atoms with Gasteiger partial charge in [-0.05, 0) is 37.6 Å². The van der Waals surface area contributed by atoms with Crippen molar-refractivity contribution in [2.45, 2.75) is 13.8 Å². The lowest BCUT2D eigenvalue weighted by Gasteiger charge is -2.08. The van der Waals surface area contributed by atoms with Crippen LogP contribution < -0.4 is 5.32 Å². The van der Waals surface area contributed by atoms with Crippen LogP contribution in [0.1, 0.15) is 11.3 Å². The van der Waals surface area contributed by atoms with Gasteiger partial charge in [-0.3, -0.25) is 4.79 Å². The summed E-state index contributed by atoms with van der Waals surface area (Å²) in [5, 5.41) is 7.70. The summed E-state index contributed by atoms with van der Waals surface area (Å²) in [6, 6.07) is 9.43. The van der Waals surface area contributed by atoms with E-state index in [0.717, 1.165) is 27.9 Å². The van der Waals surface area contributed by atoms with Gasteiger partial charge in [0.1, 0.15) is 12.3 Å². The number of methoxy groups -OCH3 is 1. The standard InChI is InChI=1S/C17H17N3O3/c1-10-6-15(16-7-11(2)20-23-16)19-14-8-12(4-5-13(10)14)18-17(21)9-22-3/h4-8H,9H2,1-3H3,(H,18,21). The largest absolute Gasteiger partial charge is 0.375 e. The van der Waals surface area contributed by atoms with Crippen LogP contribution in [0.5, 0.6) is 0 Å². The van der Waals surface area contributed by atoms with Gasteiger partial charge >= 0.3 is 0 Å².